The number of rotatable bonds is 3. The van der Waals surface area contributed by atoms with Gasteiger partial charge in [-0.25, -0.2) is 4.58 Å². The van der Waals surface area contributed by atoms with Crippen LogP contribution in [0.1, 0.15) is 57.9 Å². The summed E-state index contributed by atoms with van der Waals surface area (Å²) in [6.07, 6.45) is 3.84. The van der Waals surface area contributed by atoms with Crippen LogP contribution < -0.4 is 9.93 Å². The molecule has 3 aliphatic rings. The molecule has 0 bridgehead atoms. The highest BCUT2D eigenvalue weighted by Crippen LogP contribution is 2.45. The van der Waals surface area contributed by atoms with Gasteiger partial charge in [0.25, 0.3) is 0 Å². The third kappa shape index (κ3) is 5.67. The van der Waals surface area contributed by atoms with Gasteiger partial charge in [-0.2, -0.15) is 0 Å². The molecular weight excluding hydrogens is 397 g/mol. The normalized spacial score (nSPS) is 15.1. The number of hydrogen-bond donors (Lipinski definition) is 0. The van der Waals surface area contributed by atoms with Crippen LogP contribution >= 0.6 is 0 Å². The first-order chi connectivity index (χ1) is 13.9. The Morgan fingerprint density at radius 3 is 2.20 bits per heavy atom. The minimum absolute atomic E-state index is 0.0678. The van der Waals surface area contributed by atoms with Crippen molar-refractivity contribution in [1.29, 1.82) is 0 Å². The molecule has 166 valence electrons. The van der Waals surface area contributed by atoms with Crippen molar-refractivity contribution in [2.45, 2.75) is 52.9 Å². The quantitative estimate of drug-likeness (QED) is 0.271. The predicted octanol–water partition coefficient (Wildman–Crippen LogP) is 5.73. The lowest BCUT2D eigenvalue weighted by atomic mass is 9.79. The fourth-order valence-electron chi connectivity index (χ4n) is 4.02. The van der Waals surface area contributed by atoms with Crippen LogP contribution in [0.2, 0.25) is 0 Å². The SMILES string of the molecule is CC[N+](CC)=c1ccc2c(C(C)(C)C)c3c(oc-2c1)/C(=C/OC)CC3.F[B-](F)(F)F. The topological polar surface area (TPSA) is 25.4 Å². The summed E-state index contributed by atoms with van der Waals surface area (Å²) in [6.45, 7) is 13.2. The van der Waals surface area contributed by atoms with Crippen LogP contribution in [0.5, 0.6) is 0 Å². The first-order valence-corrected chi connectivity index (χ1v) is 10.2. The number of ether oxygens (including phenoxy) is 1. The molecule has 3 nitrogen and oxygen atoms in total. The van der Waals surface area contributed by atoms with Crippen LogP contribution in [-0.4, -0.2) is 27.5 Å². The summed E-state index contributed by atoms with van der Waals surface area (Å²) in [6, 6.07) is 6.67. The highest BCUT2D eigenvalue weighted by molar-refractivity contribution is 6.50. The molecule has 0 aromatic heterocycles. The average Bonchev–Trinajstić information content (AvgIpc) is 3.01. The average molecular weight is 427 g/mol. The molecule has 0 fully saturated rings. The van der Waals surface area contributed by atoms with E-state index in [-0.39, 0.29) is 5.41 Å². The maximum absolute atomic E-state index is 9.75. The smallest absolute Gasteiger partial charge is 0.504 e. The molecule has 0 saturated carbocycles. The number of hydrogen-bond acceptors (Lipinski definition) is 2. The van der Waals surface area contributed by atoms with Gasteiger partial charge in [-0.1, -0.05) is 20.8 Å². The fraction of sp³-hybridized carbons (Fsp3) is 0.500. The van der Waals surface area contributed by atoms with E-state index in [0.717, 1.165) is 43.0 Å². The van der Waals surface area contributed by atoms with E-state index < -0.39 is 7.25 Å². The second-order valence-corrected chi connectivity index (χ2v) is 8.26. The zero-order valence-corrected chi connectivity index (χ0v) is 18.5. The molecule has 3 rings (SSSR count). The first kappa shape index (κ1) is 24.0. The van der Waals surface area contributed by atoms with E-state index in [2.05, 4.69) is 57.4 Å². The molecule has 0 atom stereocenters. The number of nitrogens with zero attached hydrogens (tertiary/aromatic N) is 1. The lowest BCUT2D eigenvalue weighted by Gasteiger charge is -2.26. The summed E-state index contributed by atoms with van der Waals surface area (Å²) in [5, 5.41) is 1.22. The molecule has 0 aromatic carbocycles. The Hall–Kier alpha value is -2.25. The number of allylic oxidation sites excluding steroid dienone is 1. The maximum atomic E-state index is 9.75. The van der Waals surface area contributed by atoms with Crippen LogP contribution in [0.15, 0.2) is 28.9 Å². The van der Waals surface area contributed by atoms with Crippen LogP contribution in [-0.2, 0) is 16.6 Å². The van der Waals surface area contributed by atoms with Crippen molar-refractivity contribution in [2.24, 2.45) is 0 Å². The van der Waals surface area contributed by atoms with E-state index >= 15 is 0 Å². The highest BCUT2D eigenvalue weighted by atomic mass is 19.5. The maximum Gasteiger partial charge on any atom is 0.673 e. The van der Waals surface area contributed by atoms with Crippen molar-refractivity contribution < 1.29 is 26.4 Å². The molecule has 0 unspecified atom stereocenters. The van der Waals surface area contributed by atoms with Gasteiger partial charge in [-0.15, -0.1) is 0 Å². The van der Waals surface area contributed by atoms with Crippen molar-refractivity contribution in [2.75, 3.05) is 20.2 Å². The van der Waals surface area contributed by atoms with E-state index in [1.54, 1.807) is 7.11 Å². The van der Waals surface area contributed by atoms with Gasteiger partial charge >= 0.3 is 7.25 Å². The van der Waals surface area contributed by atoms with Crippen molar-refractivity contribution in [1.82, 2.24) is 4.58 Å². The molecule has 2 aliphatic carbocycles. The second kappa shape index (κ2) is 9.27. The third-order valence-corrected chi connectivity index (χ3v) is 5.10. The molecular formula is C22H30BF4NO2. The monoisotopic (exact) mass is 427 g/mol. The Morgan fingerprint density at radius 2 is 1.70 bits per heavy atom. The van der Waals surface area contributed by atoms with Crippen molar-refractivity contribution in [3.05, 3.63) is 46.7 Å². The Bertz CT molecular complexity index is 943. The number of benzene rings is 1. The number of halogens is 4. The Labute approximate surface area is 175 Å². The van der Waals surface area contributed by atoms with E-state index in [1.165, 1.54) is 22.0 Å². The van der Waals surface area contributed by atoms with Gasteiger partial charge in [0.05, 0.1) is 19.4 Å². The molecule has 0 amide bonds. The van der Waals surface area contributed by atoms with Gasteiger partial charge in [0.2, 0.25) is 5.36 Å². The molecule has 8 heteroatoms. The summed E-state index contributed by atoms with van der Waals surface area (Å²) in [5.74, 6) is 1.98. The van der Waals surface area contributed by atoms with Gasteiger partial charge in [0.1, 0.15) is 24.6 Å². The minimum atomic E-state index is -6.00. The summed E-state index contributed by atoms with van der Waals surface area (Å²) in [7, 11) is -4.30. The van der Waals surface area contributed by atoms with Crippen LogP contribution in [0, 0.1) is 0 Å². The zero-order valence-electron chi connectivity index (χ0n) is 18.5. The molecule has 0 N–H and O–H groups in total. The lowest BCUT2D eigenvalue weighted by Crippen LogP contribution is -2.29. The largest absolute Gasteiger partial charge is 0.673 e. The lowest BCUT2D eigenvalue weighted by molar-refractivity contribution is 0.338. The van der Waals surface area contributed by atoms with E-state index in [4.69, 9.17) is 9.15 Å². The zero-order chi connectivity index (χ0) is 22.7. The molecule has 0 radical (unpaired) electrons. The molecule has 30 heavy (non-hydrogen) atoms. The first-order valence-electron chi connectivity index (χ1n) is 10.2. The standard InChI is InChI=1S/C22H30NO2.BF4/c1-7-23(8-2)16-10-12-17-19(13-16)25-21-15(14-24-6)9-11-18(21)20(17)22(3,4)5;2-1(3,4)5/h10,12-14H,7-9,11H2,1-6H3;/q+1;-1/b15-14+;. The van der Waals surface area contributed by atoms with Gasteiger partial charge in [0, 0.05) is 17.2 Å². The minimum Gasteiger partial charge on any atom is -0.504 e. The Kier molecular flexibility index (Phi) is 7.42. The van der Waals surface area contributed by atoms with E-state index in [1.807, 2.05) is 6.26 Å². The van der Waals surface area contributed by atoms with Crippen molar-refractivity contribution in [3.63, 3.8) is 0 Å². The van der Waals surface area contributed by atoms with Crippen molar-refractivity contribution >= 4 is 12.8 Å². The molecule has 0 saturated heterocycles. The summed E-state index contributed by atoms with van der Waals surface area (Å²) >= 11 is 0. The van der Waals surface area contributed by atoms with Crippen LogP contribution in [0.25, 0.3) is 16.9 Å². The third-order valence-electron chi connectivity index (χ3n) is 5.10. The Morgan fingerprint density at radius 1 is 1.10 bits per heavy atom. The number of methoxy groups -OCH3 is 1. The fourth-order valence-corrected chi connectivity index (χ4v) is 4.02. The van der Waals surface area contributed by atoms with Gasteiger partial charge in [0.15, 0.2) is 0 Å². The van der Waals surface area contributed by atoms with Gasteiger partial charge in [-0.05, 0) is 49.3 Å². The van der Waals surface area contributed by atoms with Crippen LogP contribution in [0.3, 0.4) is 0 Å². The number of fused-ring (bicyclic) bond motifs is 2. The molecule has 1 aliphatic heterocycles. The second-order valence-electron chi connectivity index (χ2n) is 8.26. The van der Waals surface area contributed by atoms with E-state index in [0.29, 0.717) is 0 Å². The van der Waals surface area contributed by atoms with Crippen LogP contribution in [0.4, 0.5) is 17.3 Å². The summed E-state index contributed by atoms with van der Waals surface area (Å²) < 4.78 is 53.0. The van der Waals surface area contributed by atoms with Crippen molar-refractivity contribution in [3.8, 4) is 11.3 Å². The summed E-state index contributed by atoms with van der Waals surface area (Å²) in [4.78, 5) is 0. The molecule has 0 spiro atoms. The molecule has 1 heterocycles. The predicted molar refractivity (Wildman–Crippen MR) is 114 cm³/mol. The summed E-state index contributed by atoms with van der Waals surface area (Å²) in [5.41, 5.74) is 5.23. The van der Waals surface area contributed by atoms with Gasteiger partial charge in [-0.3, -0.25) is 0 Å². The van der Waals surface area contributed by atoms with Gasteiger partial charge < -0.3 is 26.4 Å². The Balaban J connectivity index is 0.000000575. The van der Waals surface area contributed by atoms with E-state index in [9.17, 15) is 17.3 Å². The highest BCUT2D eigenvalue weighted by Gasteiger charge is 2.32. The molecule has 0 aromatic rings.